The van der Waals surface area contributed by atoms with Crippen LogP contribution in [0.15, 0.2) is 51.4 Å². The fourth-order valence-corrected chi connectivity index (χ4v) is 8.87. The molecule has 0 bridgehead atoms. The van der Waals surface area contributed by atoms with Gasteiger partial charge in [0, 0.05) is 16.3 Å². The molecule has 1 atom stereocenters. The zero-order valence-corrected chi connectivity index (χ0v) is 27.6. The van der Waals surface area contributed by atoms with Crippen molar-refractivity contribution in [2.45, 2.75) is 79.2 Å². The molecule has 0 saturated heterocycles. The van der Waals surface area contributed by atoms with Crippen LogP contribution >= 0.6 is 22.7 Å². The van der Waals surface area contributed by atoms with Crippen molar-refractivity contribution in [3.63, 3.8) is 0 Å². The van der Waals surface area contributed by atoms with E-state index in [2.05, 4.69) is 42.7 Å². The Labute approximate surface area is 265 Å². The standard InChI is InChI=1S/C35H36N4O3S2/c1-7-42-34(41)30-21(5)37-35-39(31(30)24-14-12-23(13-15-24)19(2)3)32(40)29(44-35)17-25-16-20(4)38(22(25)6)33-27(18-36)26-10-8-9-11-28(26)43-33/h12-17,19,31H,7-11H2,1-6H3/b29-17-. The van der Waals surface area contributed by atoms with Crippen LogP contribution in [0.1, 0.15) is 96.6 Å². The lowest BCUT2D eigenvalue weighted by Crippen LogP contribution is -2.39. The Morgan fingerprint density at radius 3 is 2.57 bits per heavy atom. The highest BCUT2D eigenvalue weighted by Gasteiger charge is 2.33. The van der Waals surface area contributed by atoms with Crippen molar-refractivity contribution < 1.29 is 9.53 Å². The predicted molar refractivity (Wildman–Crippen MR) is 175 cm³/mol. The van der Waals surface area contributed by atoms with Crippen LogP contribution in [0.4, 0.5) is 0 Å². The van der Waals surface area contributed by atoms with Crippen LogP contribution in [-0.2, 0) is 22.4 Å². The monoisotopic (exact) mass is 624 g/mol. The van der Waals surface area contributed by atoms with E-state index in [0.717, 1.165) is 58.8 Å². The second-order valence-corrected chi connectivity index (χ2v) is 13.9. The summed E-state index contributed by atoms with van der Waals surface area (Å²) in [5, 5.41) is 11.1. The summed E-state index contributed by atoms with van der Waals surface area (Å²) in [6.45, 7) is 12.2. The summed E-state index contributed by atoms with van der Waals surface area (Å²) < 4.78 is 9.78. The number of allylic oxidation sites excluding steroid dienone is 1. The predicted octanol–water partition coefficient (Wildman–Crippen LogP) is 6.14. The molecular weight excluding hydrogens is 589 g/mol. The summed E-state index contributed by atoms with van der Waals surface area (Å²) in [6.07, 6.45) is 6.18. The number of fused-ring (bicyclic) bond motifs is 2. The maximum atomic E-state index is 14.2. The molecule has 1 aliphatic carbocycles. The first-order valence-electron chi connectivity index (χ1n) is 15.2. The number of carbonyl (C=O) groups is 1. The van der Waals surface area contributed by atoms with Gasteiger partial charge in [-0.05, 0) is 93.7 Å². The number of benzene rings is 1. The molecule has 226 valence electrons. The summed E-state index contributed by atoms with van der Waals surface area (Å²) in [4.78, 5) is 34.0. The number of carbonyl (C=O) groups excluding carboxylic acids is 1. The molecule has 9 heteroatoms. The van der Waals surface area contributed by atoms with Crippen molar-refractivity contribution in [2.24, 2.45) is 4.99 Å². The molecule has 4 aromatic rings. The Morgan fingerprint density at radius 2 is 1.89 bits per heavy atom. The van der Waals surface area contributed by atoms with E-state index in [-0.39, 0.29) is 12.2 Å². The molecule has 3 aromatic heterocycles. The Bertz CT molecular complexity index is 2050. The molecule has 6 rings (SSSR count). The number of esters is 1. The molecule has 2 aliphatic rings. The summed E-state index contributed by atoms with van der Waals surface area (Å²) in [5.41, 5.74) is 7.65. The number of nitrogens with zero attached hydrogens (tertiary/aromatic N) is 4. The molecule has 1 aliphatic heterocycles. The average molecular weight is 625 g/mol. The first kappa shape index (κ1) is 30.0. The minimum Gasteiger partial charge on any atom is -0.463 e. The molecule has 0 saturated carbocycles. The number of nitriles is 1. The van der Waals surface area contributed by atoms with Gasteiger partial charge in [0.05, 0.1) is 34.0 Å². The van der Waals surface area contributed by atoms with Crippen LogP contribution in [0.5, 0.6) is 0 Å². The molecule has 4 heterocycles. The van der Waals surface area contributed by atoms with Crippen molar-refractivity contribution in [3.8, 4) is 11.1 Å². The van der Waals surface area contributed by atoms with Crippen molar-refractivity contribution in [2.75, 3.05) is 6.61 Å². The second-order valence-electron chi connectivity index (χ2n) is 11.8. The van der Waals surface area contributed by atoms with Crippen LogP contribution in [0.3, 0.4) is 0 Å². The van der Waals surface area contributed by atoms with E-state index in [1.807, 2.05) is 32.1 Å². The van der Waals surface area contributed by atoms with Gasteiger partial charge in [-0.3, -0.25) is 9.36 Å². The number of hydrogen-bond acceptors (Lipinski definition) is 7. The number of hydrogen-bond donors (Lipinski definition) is 0. The van der Waals surface area contributed by atoms with Gasteiger partial charge in [0.2, 0.25) is 0 Å². The molecule has 7 nitrogen and oxygen atoms in total. The Morgan fingerprint density at radius 1 is 1.16 bits per heavy atom. The van der Waals surface area contributed by atoms with Gasteiger partial charge in [-0.2, -0.15) is 5.26 Å². The van der Waals surface area contributed by atoms with Gasteiger partial charge in [-0.1, -0.05) is 49.4 Å². The number of aromatic nitrogens is 2. The van der Waals surface area contributed by atoms with Gasteiger partial charge in [-0.25, -0.2) is 9.79 Å². The highest BCUT2D eigenvalue weighted by Crippen LogP contribution is 2.38. The molecule has 0 N–H and O–H groups in total. The van der Waals surface area contributed by atoms with E-state index in [1.165, 1.54) is 27.3 Å². The maximum absolute atomic E-state index is 14.2. The highest BCUT2D eigenvalue weighted by atomic mass is 32.1. The van der Waals surface area contributed by atoms with Crippen LogP contribution in [0.25, 0.3) is 11.1 Å². The lowest BCUT2D eigenvalue weighted by Gasteiger charge is -2.25. The van der Waals surface area contributed by atoms with Crippen LogP contribution in [0, 0.1) is 25.2 Å². The number of aryl methyl sites for hydroxylation is 2. The van der Waals surface area contributed by atoms with E-state index >= 15 is 0 Å². The minimum atomic E-state index is -0.642. The van der Waals surface area contributed by atoms with Gasteiger partial charge >= 0.3 is 5.97 Å². The van der Waals surface area contributed by atoms with E-state index in [9.17, 15) is 14.9 Å². The molecule has 0 radical (unpaired) electrons. The Kier molecular flexibility index (Phi) is 8.08. The van der Waals surface area contributed by atoms with Crippen molar-refractivity contribution in [1.29, 1.82) is 5.26 Å². The zero-order chi connectivity index (χ0) is 31.3. The van der Waals surface area contributed by atoms with Crippen LogP contribution in [0.2, 0.25) is 0 Å². The van der Waals surface area contributed by atoms with Crippen LogP contribution < -0.4 is 14.9 Å². The van der Waals surface area contributed by atoms with E-state index in [4.69, 9.17) is 9.73 Å². The number of ether oxygens (including phenoxy) is 1. The maximum Gasteiger partial charge on any atom is 0.338 e. The van der Waals surface area contributed by atoms with E-state index in [0.29, 0.717) is 26.5 Å². The third-order valence-electron chi connectivity index (χ3n) is 8.66. The SMILES string of the molecule is CCOC(=O)C1=C(C)N=c2s/c(=C\c3cc(C)n(-c4sc5c(c4C#N)CCCC5)c3C)c(=O)n2C1c1ccc(C(C)C)cc1. The lowest BCUT2D eigenvalue weighted by atomic mass is 9.93. The third-order valence-corrected chi connectivity index (χ3v) is 10.9. The van der Waals surface area contributed by atoms with Crippen molar-refractivity contribution >= 4 is 34.7 Å². The fraction of sp³-hybridized carbons (Fsp3) is 0.371. The molecule has 0 fully saturated rings. The summed E-state index contributed by atoms with van der Waals surface area (Å²) in [7, 11) is 0. The van der Waals surface area contributed by atoms with Gasteiger partial charge in [-0.15, -0.1) is 11.3 Å². The summed E-state index contributed by atoms with van der Waals surface area (Å²) in [5.74, 6) is -0.104. The molecule has 0 spiro atoms. The van der Waals surface area contributed by atoms with Gasteiger partial charge in [0.1, 0.15) is 11.1 Å². The lowest BCUT2D eigenvalue weighted by molar-refractivity contribution is -0.139. The Hall–Kier alpha value is -4.00. The Balaban J connectivity index is 1.50. The van der Waals surface area contributed by atoms with Gasteiger partial charge < -0.3 is 9.30 Å². The van der Waals surface area contributed by atoms with E-state index < -0.39 is 12.0 Å². The fourth-order valence-electron chi connectivity index (χ4n) is 6.38. The third kappa shape index (κ3) is 5.00. The van der Waals surface area contributed by atoms with E-state index in [1.54, 1.807) is 29.8 Å². The quantitative estimate of drug-likeness (QED) is 0.241. The average Bonchev–Trinajstić information content (AvgIpc) is 3.61. The summed E-state index contributed by atoms with van der Waals surface area (Å²) >= 11 is 3.05. The molecule has 44 heavy (non-hydrogen) atoms. The number of rotatable bonds is 6. The largest absolute Gasteiger partial charge is 0.463 e. The van der Waals surface area contributed by atoms with Crippen molar-refractivity contribution in [1.82, 2.24) is 9.13 Å². The zero-order valence-electron chi connectivity index (χ0n) is 26.0. The van der Waals surface area contributed by atoms with Gasteiger partial charge in [0.25, 0.3) is 5.56 Å². The molecule has 0 amide bonds. The van der Waals surface area contributed by atoms with Gasteiger partial charge in [0.15, 0.2) is 4.80 Å². The first-order chi connectivity index (χ1) is 21.1. The minimum absolute atomic E-state index is 0.199. The second kappa shape index (κ2) is 11.8. The highest BCUT2D eigenvalue weighted by molar-refractivity contribution is 7.15. The van der Waals surface area contributed by atoms with Crippen molar-refractivity contribution in [3.05, 3.63) is 105 Å². The smallest absolute Gasteiger partial charge is 0.338 e. The summed E-state index contributed by atoms with van der Waals surface area (Å²) in [6, 6.07) is 12.0. The topological polar surface area (TPSA) is 89.4 Å². The first-order valence-corrected chi connectivity index (χ1v) is 16.8. The normalized spacial score (nSPS) is 16.5. The molecular formula is C35H36N4O3S2. The molecule has 1 aromatic carbocycles. The van der Waals surface area contributed by atoms with Crippen LogP contribution in [-0.4, -0.2) is 21.7 Å². The number of thiazole rings is 1. The number of thiophene rings is 1. The molecule has 1 unspecified atom stereocenters.